The van der Waals surface area contributed by atoms with Gasteiger partial charge in [0.15, 0.2) is 0 Å². The summed E-state index contributed by atoms with van der Waals surface area (Å²) in [6.07, 6.45) is 0.514. The molecule has 3 N–H and O–H groups in total. The van der Waals surface area contributed by atoms with Gasteiger partial charge in [-0.25, -0.2) is 0 Å². The number of nitro groups is 1. The Kier molecular flexibility index (Phi) is 6.29. The number of halogens is 1. The Bertz CT molecular complexity index is 451. The van der Waals surface area contributed by atoms with Crippen LogP contribution in [0.15, 0.2) is 18.2 Å². The number of nitrogens with two attached hydrogens (primary N) is 1. The van der Waals surface area contributed by atoms with Crippen LogP contribution in [-0.4, -0.2) is 16.9 Å². The van der Waals surface area contributed by atoms with Crippen molar-refractivity contribution in [1.82, 2.24) is 0 Å². The van der Waals surface area contributed by atoms with Crippen LogP contribution in [0, 0.1) is 17.0 Å². The fourth-order valence-corrected chi connectivity index (χ4v) is 1.30. The number of nitro benzene ring substituents is 1. The summed E-state index contributed by atoms with van der Waals surface area (Å²) >= 11 is 0. The second-order valence-corrected chi connectivity index (χ2v) is 3.76. The van der Waals surface area contributed by atoms with Gasteiger partial charge in [0.2, 0.25) is 5.91 Å². The van der Waals surface area contributed by atoms with Gasteiger partial charge < -0.3 is 11.1 Å². The molecule has 0 aromatic heterocycles. The predicted molar refractivity (Wildman–Crippen MR) is 72.0 cm³/mol. The maximum atomic E-state index is 11.5. The Morgan fingerprint density at radius 2 is 2.17 bits per heavy atom. The monoisotopic (exact) mass is 273 g/mol. The molecule has 1 aromatic carbocycles. The Morgan fingerprint density at radius 3 is 2.67 bits per heavy atom. The minimum atomic E-state index is -0.602. The number of amides is 1. The minimum absolute atomic E-state index is 0. The highest BCUT2D eigenvalue weighted by Gasteiger charge is 2.14. The molecule has 0 spiro atoms. The van der Waals surface area contributed by atoms with E-state index in [1.807, 2.05) is 0 Å². The van der Waals surface area contributed by atoms with Crippen LogP contribution < -0.4 is 11.1 Å². The highest BCUT2D eigenvalue weighted by atomic mass is 35.5. The van der Waals surface area contributed by atoms with Crippen LogP contribution >= 0.6 is 12.4 Å². The first-order valence-electron chi connectivity index (χ1n) is 5.27. The lowest BCUT2D eigenvalue weighted by molar-refractivity contribution is -0.385. The van der Waals surface area contributed by atoms with Crippen LogP contribution in [0.25, 0.3) is 0 Å². The average molecular weight is 274 g/mol. The molecule has 100 valence electrons. The van der Waals surface area contributed by atoms with Gasteiger partial charge in [0.25, 0.3) is 5.69 Å². The van der Waals surface area contributed by atoms with E-state index in [2.05, 4.69) is 5.32 Å². The van der Waals surface area contributed by atoms with Crippen LogP contribution in [0.4, 0.5) is 11.4 Å². The number of hydrogen-bond donors (Lipinski definition) is 2. The molecular weight excluding hydrogens is 258 g/mol. The summed E-state index contributed by atoms with van der Waals surface area (Å²) in [5.41, 5.74) is 6.46. The quantitative estimate of drug-likeness (QED) is 0.647. The number of carbonyl (C=O) groups excluding carboxylic acids is 1. The Balaban J connectivity index is 0.00000289. The van der Waals surface area contributed by atoms with Crippen LogP contribution in [0.2, 0.25) is 0 Å². The molecule has 0 unspecified atom stereocenters. The second kappa shape index (κ2) is 6.93. The lowest BCUT2D eigenvalue weighted by Crippen LogP contribution is -2.34. The van der Waals surface area contributed by atoms with Gasteiger partial charge in [0, 0.05) is 17.3 Å². The number of nitrogens with one attached hydrogen (secondary N) is 1. The number of benzene rings is 1. The molecule has 0 fully saturated rings. The summed E-state index contributed by atoms with van der Waals surface area (Å²) in [4.78, 5) is 21.7. The Morgan fingerprint density at radius 1 is 1.56 bits per heavy atom. The van der Waals surface area contributed by atoms with Crippen LogP contribution in [-0.2, 0) is 4.79 Å². The smallest absolute Gasteiger partial charge is 0.274 e. The van der Waals surface area contributed by atoms with Crippen molar-refractivity contribution in [3.63, 3.8) is 0 Å². The second-order valence-electron chi connectivity index (χ2n) is 3.76. The molecule has 6 nitrogen and oxygen atoms in total. The molecule has 1 aromatic rings. The molecule has 18 heavy (non-hydrogen) atoms. The molecule has 0 bridgehead atoms. The van der Waals surface area contributed by atoms with Crippen molar-refractivity contribution in [2.75, 3.05) is 5.32 Å². The summed E-state index contributed by atoms with van der Waals surface area (Å²) in [5.74, 6) is -0.342. The summed E-state index contributed by atoms with van der Waals surface area (Å²) in [5, 5.41) is 13.3. The first kappa shape index (κ1) is 16.3. The van der Waals surface area contributed by atoms with Gasteiger partial charge in [-0.2, -0.15) is 0 Å². The molecule has 1 amide bonds. The van der Waals surface area contributed by atoms with Crippen molar-refractivity contribution in [3.05, 3.63) is 33.9 Å². The summed E-state index contributed by atoms with van der Waals surface area (Å²) in [7, 11) is 0. The number of nitrogens with zero attached hydrogens (tertiary/aromatic N) is 1. The number of anilines is 1. The topological polar surface area (TPSA) is 98.3 Å². The maximum Gasteiger partial charge on any atom is 0.274 e. The zero-order chi connectivity index (χ0) is 13.0. The average Bonchev–Trinajstić information content (AvgIpc) is 2.30. The van der Waals surface area contributed by atoms with E-state index < -0.39 is 11.0 Å². The summed E-state index contributed by atoms with van der Waals surface area (Å²) in [6, 6.07) is 3.93. The number of carbonyl (C=O) groups is 1. The minimum Gasteiger partial charge on any atom is -0.324 e. The first-order chi connectivity index (χ1) is 7.95. The molecule has 0 saturated carbocycles. The van der Waals surface area contributed by atoms with E-state index in [9.17, 15) is 14.9 Å². The highest BCUT2D eigenvalue weighted by Crippen LogP contribution is 2.22. The largest absolute Gasteiger partial charge is 0.324 e. The molecule has 1 atom stereocenters. The van der Waals surface area contributed by atoms with Gasteiger partial charge in [-0.05, 0) is 19.4 Å². The molecule has 0 aliphatic rings. The molecule has 1 rings (SSSR count). The number of aryl methyl sites for hydroxylation is 1. The van der Waals surface area contributed by atoms with Gasteiger partial charge in [-0.3, -0.25) is 14.9 Å². The van der Waals surface area contributed by atoms with E-state index in [-0.39, 0.29) is 24.0 Å². The Labute approximate surface area is 111 Å². The standard InChI is InChI=1S/C11H15N3O3.ClH/c1-3-9(12)11(15)13-8-5-4-7(2)10(6-8)14(16)17;/h4-6,9H,3,12H2,1-2H3,(H,13,15);1H/t9-;/m0./s1. The number of hydrogen-bond acceptors (Lipinski definition) is 4. The third-order valence-corrected chi connectivity index (χ3v) is 2.45. The molecule has 0 aliphatic carbocycles. The summed E-state index contributed by atoms with van der Waals surface area (Å²) in [6.45, 7) is 3.43. The normalized spacial score (nSPS) is 11.3. The first-order valence-corrected chi connectivity index (χ1v) is 5.27. The SMILES string of the molecule is CC[C@H](N)C(=O)Nc1ccc(C)c([N+](=O)[O-])c1.Cl. The van der Waals surface area contributed by atoms with Gasteiger partial charge in [-0.15, -0.1) is 12.4 Å². The molecular formula is C11H16ClN3O3. The summed E-state index contributed by atoms with van der Waals surface area (Å²) < 4.78 is 0. The zero-order valence-electron chi connectivity index (χ0n) is 10.2. The lowest BCUT2D eigenvalue weighted by atomic mass is 10.1. The fourth-order valence-electron chi connectivity index (χ4n) is 1.30. The van der Waals surface area contributed by atoms with Crippen LogP contribution in [0.1, 0.15) is 18.9 Å². The molecule has 7 heteroatoms. The van der Waals surface area contributed by atoms with Crippen LogP contribution in [0.3, 0.4) is 0 Å². The van der Waals surface area contributed by atoms with E-state index in [0.29, 0.717) is 17.7 Å². The van der Waals surface area contributed by atoms with E-state index in [1.54, 1.807) is 26.0 Å². The maximum absolute atomic E-state index is 11.5. The zero-order valence-corrected chi connectivity index (χ0v) is 11.0. The van der Waals surface area contributed by atoms with Crippen molar-refractivity contribution in [2.24, 2.45) is 5.73 Å². The molecule has 0 saturated heterocycles. The van der Waals surface area contributed by atoms with Gasteiger partial charge in [0.1, 0.15) is 0 Å². The van der Waals surface area contributed by atoms with Gasteiger partial charge in [-0.1, -0.05) is 13.0 Å². The number of rotatable bonds is 4. The highest BCUT2D eigenvalue weighted by molar-refractivity contribution is 5.94. The van der Waals surface area contributed by atoms with Crippen molar-refractivity contribution >= 4 is 29.7 Å². The Hall–Kier alpha value is -1.66. The van der Waals surface area contributed by atoms with Crippen molar-refractivity contribution in [2.45, 2.75) is 26.3 Å². The molecule has 0 radical (unpaired) electrons. The van der Waals surface area contributed by atoms with Crippen molar-refractivity contribution in [3.8, 4) is 0 Å². The predicted octanol–water partition coefficient (Wildman–Crippen LogP) is 2.00. The van der Waals surface area contributed by atoms with E-state index >= 15 is 0 Å². The van der Waals surface area contributed by atoms with Crippen molar-refractivity contribution < 1.29 is 9.72 Å². The van der Waals surface area contributed by atoms with E-state index in [1.165, 1.54) is 6.07 Å². The van der Waals surface area contributed by atoms with Gasteiger partial charge in [0.05, 0.1) is 11.0 Å². The van der Waals surface area contributed by atoms with Gasteiger partial charge >= 0.3 is 0 Å². The third-order valence-electron chi connectivity index (χ3n) is 2.45. The van der Waals surface area contributed by atoms with Crippen LogP contribution in [0.5, 0.6) is 0 Å². The third kappa shape index (κ3) is 3.97. The van der Waals surface area contributed by atoms with E-state index in [0.717, 1.165) is 0 Å². The lowest BCUT2D eigenvalue weighted by Gasteiger charge is -2.10. The molecule has 0 aliphatic heterocycles. The fraction of sp³-hybridized carbons (Fsp3) is 0.364. The van der Waals surface area contributed by atoms with E-state index in [4.69, 9.17) is 5.73 Å². The van der Waals surface area contributed by atoms with Crippen molar-refractivity contribution in [1.29, 1.82) is 0 Å². The molecule has 0 heterocycles.